The van der Waals surface area contributed by atoms with Gasteiger partial charge in [-0.2, -0.15) is 0 Å². The van der Waals surface area contributed by atoms with Gasteiger partial charge in [0.15, 0.2) is 11.6 Å². The van der Waals surface area contributed by atoms with Crippen LogP contribution in [0.3, 0.4) is 0 Å². The number of carbonyl (C=O) groups excluding carboxylic acids is 1. The summed E-state index contributed by atoms with van der Waals surface area (Å²) in [5.74, 6) is -0.630. The Balaban J connectivity index is 1.93. The molecule has 162 valence electrons. The van der Waals surface area contributed by atoms with Crippen LogP contribution < -0.4 is 10.2 Å². The number of amides is 2. The van der Waals surface area contributed by atoms with Crippen LogP contribution in [0.25, 0.3) is 0 Å². The number of likely N-dealkylation sites (tertiary alicyclic amines) is 1. The molecule has 1 unspecified atom stereocenters. The fourth-order valence-electron chi connectivity index (χ4n) is 3.85. The van der Waals surface area contributed by atoms with Crippen LogP contribution in [0.4, 0.5) is 20.7 Å². The molecule has 2 N–H and O–H groups in total. The summed E-state index contributed by atoms with van der Waals surface area (Å²) in [6.07, 6.45) is 2.17. The molecule has 1 aromatic carbocycles. The van der Waals surface area contributed by atoms with Crippen molar-refractivity contribution in [2.45, 2.75) is 51.8 Å². The summed E-state index contributed by atoms with van der Waals surface area (Å²) >= 11 is 5.78. The summed E-state index contributed by atoms with van der Waals surface area (Å²) in [6.45, 7) is 7.23. The van der Waals surface area contributed by atoms with Crippen molar-refractivity contribution in [3.63, 3.8) is 0 Å². The lowest BCUT2D eigenvalue weighted by Crippen LogP contribution is -2.51. The lowest BCUT2D eigenvalue weighted by Gasteiger charge is -2.40. The predicted octanol–water partition coefficient (Wildman–Crippen LogP) is 4.84. The van der Waals surface area contributed by atoms with Crippen molar-refractivity contribution in [2.24, 2.45) is 0 Å². The van der Waals surface area contributed by atoms with E-state index in [1.54, 1.807) is 11.8 Å². The van der Waals surface area contributed by atoms with E-state index in [0.717, 1.165) is 17.3 Å². The molecular weight excluding hydrogens is 407 g/mol. The van der Waals surface area contributed by atoms with Crippen molar-refractivity contribution in [2.75, 3.05) is 23.3 Å². The average Bonchev–Trinajstić information content (AvgIpc) is 2.71. The van der Waals surface area contributed by atoms with Gasteiger partial charge in [0.1, 0.15) is 6.23 Å². The van der Waals surface area contributed by atoms with E-state index in [9.17, 15) is 14.3 Å². The van der Waals surface area contributed by atoms with Crippen LogP contribution in [0.1, 0.15) is 45.1 Å². The largest absolute Gasteiger partial charge is 0.379 e. The monoisotopic (exact) mass is 434 g/mol. The van der Waals surface area contributed by atoms with Crippen LogP contribution >= 0.6 is 11.6 Å². The number of aromatic nitrogens is 1. The smallest absolute Gasteiger partial charge is 0.327 e. The van der Waals surface area contributed by atoms with Crippen LogP contribution in [0.5, 0.6) is 0 Å². The molecular formula is C22H28ClFN4O2. The number of anilines is 2. The number of para-hydroxylation sites is 1. The number of urea groups is 1. The molecule has 8 heteroatoms. The fourth-order valence-corrected chi connectivity index (χ4v) is 4.00. The number of pyridine rings is 1. The number of aliphatic hydroxyl groups is 1. The van der Waals surface area contributed by atoms with E-state index in [1.807, 2.05) is 29.2 Å². The zero-order chi connectivity index (χ0) is 21.8. The molecule has 1 aromatic heterocycles. The van der Waals surface area contributed by atoms with Gasteiger partial charge in [0, 0.05) is 31.0 Å². The number of halogens is 2. The lowest BCUT2D eigenvalue weighted by atomic mass is 9.97. The highest BCUT2D eigenvalue weighted by molar-refractivity contribution is 6.30. The third-order valence-electron chi connectivity index (χ3n) is 5.46. The Hall–Kier alpha value is -2.22. The Morgan fingerprint density at radius 1 is 1.30 bits per heavy atom. The van der Waals surface area contributed by atoms with E-state index in [1.165, 1.54) is 6.20 Å². The number of piperidine rings is 1. The first kappa shape index (κ1) is 22.5. The molecule has 0 bridgehead atoms. The van der Waals surface area contributed by atoms with E-state index < -0.39 is 18.1 Å². The second-order valence-electron chi connectivity index (χ2n) is 7.90. The zero-order valence-corrected chi connectivity index (χ0v) is 18.2. The molecule has 1 aliphatic heterocycles. The van der Waals surface area contributed by atoms with E-state index in [0.29, 0.717) is 25.9 Å². The van der Waals surface area contributed by atoms with Crippen LogP contribution in [0.2, 0.25) is 5.02 Å². The summed E-state index contributed by atoms with van der Waals surface area (Å²) in [6, 6.07) is 8.37. The zero-order valence-electron chi connectivity index (χ0n) is 17.5. The maximum Gasteiger partial charge on any atom is 0.327 e. The second-order valence-corrected chi connectivity index (χ2v) is 8.33. The number of nitrogens with one attached hydrogen (secondary N) is 1. The van der Waals surface area contributed by atoms with Gasteiger partial charge in [-0.15, -0.1) is 0 Å². The molecule has 0 radical (unpaired) electrons. The Morgan fingerprint density at radius 2 is 1.97 bits per heavy atom. The highest BCUT2D eigenvalue weighted by atomic mass is 35.5. The molecule has 2 amide bonds. The fraction of sp³-hybridized carbons (Fsp3) is 0.455. The maximum absolute atomic E-state index is 14.3. The average molecular weight is 435 g/mol. The van der Waals surface area contributed by atoms with Gasteiger partial charge in [-0.05, 0) is 43.4 Å². The number of carbonyl (C=O) groups is 1. The molecule has 1 aliphatic rings. The SMILES string of the molecule is CC(C)c1ccccc1N(C(=O)Nc1ncc(Cl)cc1F)C1CCN(C(C)O)CC1. The second kappa shape index (κ2) is 9.73. The first-order chi connectivity index (χ1) is 14.3. The van der Waals surface area contributed by atoms with Crippen LogP contribution in [-0.2, 0) is 0 Å². The van der Waals surface area contributed by atoms with E-state index in [-0.39, 0.29) is 22.8 Å². The summed E-state index contributed by atoms with van der Waals surface area (Å²) < 4.78 is 14.3. The quantitative estimate of drug-likeness (QED) is 0.706. The van der Waals surface area contributed by atoms with Gasteiger partial charge in [-0.25, -0.2) is 14.2 Å². The Labute approximate surface area is 181 Å². The van der Waals surface area contributed by atoms with Crippen molar-refractivity contribution in [3.8, 4) is 0 Å². The first-order valence-corrected chi connectivity index (χ1v) is 10.6. The van der Waals surface area contributed by atoms with E-state index >= 15 is 0 Å². The minimum absolute atomic E-state index is 0.0877. The molecule has 0 saturated carbocycles. The number of hydrogen-bond donors (Lipinski definition) is 2. The van der Waals surface area contributed by atoms with Crippen molar-refractivity contribution >= 4 is 29.1 Å². The highest BCUT2D eigenvalue weighted by Crippen LogP contribution is 2.32. The number of rotatable bonds is 5. The molecule has 0 aliphatic carbocycles. The van der Waals surface area contributed by atoms with Crippen molar-refractivity contribution in [3.05, 3.63) is 52.9 Å². The minimum atomic E-state index is -0.683. The minimum Gasteiger partial charge on any atom is -0.379 e. The third-order valence-corrected chi connectivity index (χ3v) is 5.67. The molecule has 1 atom stereocenters. The molecule has 2 aromatic rings. The normalized spacial score (nSPS) is 16.5. The maximum atomic E-state index is 14.3. The summed E-state index contributed by atoms with van der Waals surface area (Å²) in [5.41, 5.74) is 1.84. The Bertz CT molecular complexity index is 885. The molecule has 30 heavy (non-hydrogen) atoms. The first-order valence-electron chi connectivity index (χ1n) is 10.2. The molecule has 1 saturated heterocycles. The summed E-state index contributed by atoms with van der Waals surface area (Å²) in [5, 5.41) is 12.6. The van der Waals surface area contributed by atoms with E-state index in [2.05, 4.69) is 24.1 Å². The summed E-state index contributed by atoms with van der Waals surface area (Å²) in [4.78, 5) is 21.0. The number of aliphatic hydroxyl groups excluding tert-OH is 1. The van der Waals surface area contributed by atoms with Crippen molar-refractivity contribution in [1.82, 2.24) is 9.88 Å². The highest BCUT2D eigenvalue weighted by Gasteiger charge is 2.32. The van der Waals surface area contributed by atoms with Gasteiger partial charge in [0.25, 0.3) is 0 Å². The van der Waals surface area contributed by atoms with Gasteiger partial charge in [-0.1, -0.05) is 43.6 Å². The van der Waals surface area contributed by atoms with Gasteiger partial charge < -0.3 is 5.11 Å². The molecule has 2 heterocycles. The molecule has 1 fully saturated rings. The van der Waals surface area contributed by atoms with Gasteiger partial charge in [0.2, 0.25) is 0 Å². The van der Waals surface area contributed by atoms with Gasteiger partial charge in [0.05, 0.1) is 5.02 Å². The van der Waals surface area contributed by atoms with Crippen LogP contribution in [-0.4, -0.2) is 46.4 Å². The van der Waals surface area contributed by atoms with Crippen molar-refractivity contribution < 1.29 is 14.3 Å². The third kappa shape index (κ3) is 5.09. The Kier molecular flexibility index (Phi) is 7.28. The standard InChI is InChI=1S/C22H28ClFN4O2/c1-14(2)18-6-4-5-7-20(18)28(17-8-10-27(11-9-17)15(3)29)22(30)26-21-19(24)12-16(23)13-25-21/h4-7,12-15,17,29H,8-11H2,1-3H3,(H,25,26,30). The van der Waals surface area contributed by atoms with Crippen LogP contribution in [0, 0.1) is 5.82 Å². The molecule has 6 nitrogen and oxygen atoms in total. The van der Waals surface area contributed by atoms with E-state index in [4.69, 9.17) is 11.6 Å². The number of benzene rings is 1. The topological polar surface area (TPSA) is 68.7 Å². The number of hydrogen-bond acceptors (Lipinski definition) is 4. The molecule has 0 spiro atoms. The summed E-state index contributed by atoms with van der Waals surface area (Å²) in [7, 11) is 0. The Morgan fingerprint density at radius 3 is 2.57 bits per heavy atom. The molecule has 3 rings (SSSR count). The van der Waals surface area contributed by atoms with Crippen LogP contribution in [0.15, 0.2) is 36.5 Å². The van der Waals surface area contributed by atoms with Gasteiger partial charge >= 0.3 is 6.03 Å². The lowest BCUT2D eigenvalue weighted by molar-refractivity contribution is 0.00356. The van der Waals surface area contributed by atoms with Crippen molar-refractivity contribution in [1.29, 1.82) is 0 Å². The predicted molar refractivity (Wildman–Crippen MR) is 118 cm³/mol. The number of nitrogens with zero attached hydrogens (tertiary/aromatic N) is 3. The van der Waals surface area contributed by atoms with Gasteiger partial charge in [-0.3, -0.25) is 15.1 Å².